The first-order valence-corrected chi connectivity index (χ1v) is 19.6. The van der Waals surface area contributed by atoms with E-state index in [-0.39, 0.29) is 46.9 Å². The van der Waals surface area contributed by atoms with Gasteiger partial charge in [0, 0.05) is 30.8 Å². The monoisotopic (exact) mass is 920 g/mol. The Labute approximate surface area is 343 Å². The number of hydrogen-bond acceptors (Lipinski definition) is 0. The van der Waals surface area contributed by atoms with Gasteiger partial charge in [0.25, 0.3) is 0 Å². The summed E-state index contributed by atoms with van der Waals surface area (Å²) < 4.78 is 39.0. The minimum absolute atomic E-state index is 0. The van der Waals surface area contributed by atoms with E-state index in [4.69, 9.17) is 0 Å². The van der Waals surface area contributed by atoms with Crippen LogP contribution in [0.3, 0.4) is 0 Å². The molecule has 0 atom stereocenters. The van der Waals surface area contributed by atoms with Gasteiger partial charge in [-0.25, -0.2) is 0 Å². The fourth-order valence-electron chi connectivity index (χ4n) is 5.69. The minimum Gasteiger partial charge on any atom is -0.418 e. The van der Waals surface area contributed by atoms with Crippen LogP contribution in [0.2, 0.25) is 0 Å². The maximum absolute atomic E-state index is 9.75. The van der Waals surface area contributed by atoms with Crippen molar-refractivity contribution in [1.29, 1.82) is 0 Å². The van der Waals surface area contributed by atoms with Gasteiger partial charge in [-0.2, -0.15) is 0 Å². The Morgan fingerprint density at radius 3 is 1.13 bits per heavy atom. The molecule has 2 saturated carbocycles. The zero-order chi connectivity index (χ0) is 36.7. The molecule has 3 fully saturated rings. The van der Waals surface area contributed by atoms with Crippen LogP contribution in [0.1, 0.15) is 79.7 Å². The van der Waals surface area contributed by atoms with Crippen molar-refractivity contribution in [3.05, 3.63) is 175 Å². The van der Waals surface area contributed by atoms with Crippen molar-refractivity contribution in [2.75, 3.05) is 6.16 Å². The third kappa shape index (κ3) is 16.7. The van der Waals surface area contributed by atoms with E-state index in [0.717, 1.165) is 6.16 Å². The molecule has 279 valence electrons. The molecule has 3 aromatic carbocycles. The van der Waals surface area contributed by atoms with Crippen LogP contribution in [-0.2, 0) is 39.0 Å². The first-order valence-electron chi connectivity index (χ1n) is 17.2. The van der Waals surface area contributed by atoms with Crippen LogP contribution in [0.15, 0.2) is 91.0 Å². The summed E-state index contributed by atoms with van der Waals surface area (Å²) in [5.74, 6) is 10.3. The summed E-state index contributed by atoms with van der Waals surface area (Å²) in [7, 11) is -5.01. The van der Waals surface area contributed by atoms with Gasteiger partial charge in [-0.3, -0.25) is 0 Å². The van der Waals surface area contributed by atoms with E-state index < -0.39 is 7.25 Å². The second kappa shape index (κ2) is 25.7. The molecule has 3 aromatic rings. The van der Waals surface area contributed by atoms with Crippen molar-refractivity contribution in [2.45, 2.75) is 74.1 Å². The van der Waals surface area contributed by atoms with Gasteiger partial charge in [-0.1, -0.05) is 148 Å². The Bertz CT molecular complexity index is 1210. The summed E-state index contributed by atoms with van der Waals surface area (Å²) in [4.78, 5) is 0. The molecule has 15 radical (unpaired) electrons. The summed E-state index contributed by atoms with van der Waals surface area (Å²) in [6.45, 7) is 15.6. The summed E-state index contributed by atoms with van der Waals surface area (Å²) in [5.41, 5.74) is 4.40. The van der Waals surface area contributed by atoms with Crippen LogP contribution in [0.25, 0.3) is 0 Å². The average molecular weight is 920 g/mol. The zero-order valence-electron chi connectivity index (χ0n) is 31.2. The molecular weight excluding hydrogens is 869 g/mol. The third-order valence-electron chi connectivity index (χ3n) is 9.23. The molecule has 0 aromatic heterocycles. The number of benzene rings is 3. The first-order chi connectivity index (χ1) is 23.8. The predicted molar refractivity (Wildman–Crippen MR) is 211 cm³/mol. The maximum Gasteiger partial charge on any atom is 2.00 e. The van der Waals surface area contributed by atoms with E-state index in [9.17, 15) is 17.3 Å². The normalized spacial score (nSPS) is 19.6. The van der Waals surface area contributed by atoms with Gasteiger partial charge in [0.05, 0.1) is 0 Å². The molecule has 6 rings (SSSR count). The summed E-state index contributed by atoms with van der Waals surface area (Å²) in [6, 6.07) is 32.9. The van der Waals surface area contributed by atoms with E-state index in [2.05, 4.69) is 165 Å². The van der Waals surface area contributed by atoms with Crippen LogP contribution in [0.4, 0.5) is 17.3 Å². The van der Waals surface area contributed by atoms with Gasteiger partial charge in [0.15, 0.2) is 0 Å². The van der Waals surface area contributed by atoms with Gasteiger partial charge >= 0.3 is 26.7 Å². The van der Waals surface area contributed by atoms with E-state index in [0.29, 0.717) is 0 Å². The Morgan fingerprint density at radius 2 is 0.808 bits per heavy atom. The van der Waals surface area contributed by atoms with E-state index in [1.165, 1.54) is 97.5 Å². The molecule has 9 heteroatoms. The smallest absolute Gasteiger partial charge is 0.418 e. The van der Waals surface area contributed by atoms with Gasteiger partial charge in [0.1, 0.15) is 0 Å². The van der Waals surface area contributed by atoms with Crippen molar-refractivity contribution < 1.29 is 56.2 Å². The number of hydrogen-bond donors (Lipinski definition) is 0. The molecule has 2 aliphatic carbocycles. The van der Waals surface area contributed by atoms with Crippen LogP contribution < -0.4 is 10.6 Å². The molecule has 1 heterocycles. The fraction of sp³-hybridized carbons (Fsp3) is 0.279. The molecule has 0 bridgehead atoms. The number of halogens is 4. The van der Waals surface area contributed by atoms with Gasteiger partial charge in [-0.15, -0.1) is 0 Å². The van der Waals surface area contributed by atoms with Crippen molar-refractivity contribution in [2.24, 2.45) is 0 Å². The van der Waals surface area contributed by atoms with Crippen molar-refractivity contribution >= 4 is 34.4 Å². The molecule has 52 heavy (non-hydrogen) atoms. The van der Waals surface area contributed by atoms with Crippen LogP contribution in [0, 0.1) is 78.4 Å². The topological polar surface area (TPSA) is 0 Å². The third-order valence-corrected chi connectivity index (χ3v) is 13.5. The molecule has 0 N–H and O–H groups in total. The van der Waals surface area contributed by atoms with Gasteiger partial charge in [0.2, 0.25) is 0 Å². The Balaban J connectivity index is 0.000000443. The molecule has 1 saturated heterocycles. The van der Waals surface area contributed by atoms with Crippen LogP contribution in [-0.4, -0.2) is 13.4 Å². The molecule has 0 unspecified atom stereocenters. The van der Waals surface area contributed by atoms with Crippen molar-refractivity contribution in [1.82, 2.24) is 0 Å². The Hall–Kier alpha value is -0.448. The van der Waals surface area contributed by atoms with E-state index >= 15 is 0 Å². The first kappa shape index (κ1) is 49.6. The van der Waals surface area contributed by atoms with Gasteiger partial charge < -0.3 is 17.3 Å². The molecule has 3 aliphatic rings. The van der Waals surface area contributed by atoms with Crippen LogP contribution in [0.5, 0.6) is 0 Å². The molecule has 1 aliphatic heterocycles. The minimum atomic E-state index is -6.00. The quantitative estimate of drug-likeness (QED) is 0.136. The summed E-state index contributed by atoms with van der Waals surface area (Å²) in [6.07, 6.45) is 15.1. The molecular formula is C43H50BF4P2RhRu+. The van der Waals surface area contributed by atoms with E-state index in [1.807, 2.05) is 0 Å². The van der Waals surface area contributed by atoms with Crippen molar-refractivity contribution in [3.8, 4) is 0 Å². The number of rotatable bonds is 5. The largest absolute Gasteiger partial charge is 2.00 e. The predicted octanol–water partition coefficient (Wildman–Crippen LogP) is 13.0. The Morgan fingerprint density at radius 1 is 0.500 bits per heavy atom. The zero-order valence-corrected chi connectivity index (χ0v) is 36.3. The fourth-order valence-corrected chi connectivity index (χ4v) is 9.88. The second-order valence-electron chi connectivity index (χ2n) is 12.5. The molecule has 0 spiro atoms. The average Bonchev–Trinajstić information content (AvgIpc) is 3.46. The molecule has 0 nitrogen and oxygen atoms in total. The van der Waals surface area contributed by atoms with E-state index in [1.54, 1.807) is 5.66 Å². The van der Waals surface area contributed by atoms with Crippen molar-refractivity contribution in [3.63, 3.8) is 0 Å². The van der Waals surface area contributed by atoms with Crippen LogP contribution >= 0.6 is 16.5 Å². The molecule has 0 amide bonds. The SMILES string of the molecule is C[C]1[C](C)[C](C)[C](C)[C]1C.C[C]1[C](CP(c2ccccc2)c2ccccc2)[P][C](c2ccccc2)[C]1C.F[B-](F)(F)F.[CH]1[CH]CC[CH][CH]CC1.[Rh].[Ru+2]. The maximum atomic E-state index is 9.75. The summed E-state index contributed by atoms with van der Waals surface area (Å²) in [5, 5.41) is 2.92. The summed E-state index contributed by atoms with van der Waals surface area (Å²) >= 11 is 0. The second-order valence-corrected chi connectivity index (χ2v) is 15.9. The Kier molecular flexibility index (Phi) is 24.5. The standard InChI is InChI=1S/C25H23P2.C10H15.C8H12.BF4.Rh.Ru/c1-19-20(2)25(21-12-6-3-7-13-21)26-24(19)18-27(22-14-8-4-9-15-22)23-16-10-5-11-17-23;1-6-7(2)9(4)10(5)8(6)3;1-2-4-6-8-7-5-3-1;2-1(3,4)5;;/h3-17H,18H2,1-2H3;1-5H3;1-2,7-8H,3-6H2;;;/q;;;-1;;+2. The van der Waals surface area contributed by atoms with Gasteiger partial charge in [-0.05, 0) is 123 Å².